The Balaban J connectivity index is -0.000000171. The monoisotopic (exact) mass is 479 g/mol. The zero-order chi connectivity index (χ0) is 26.3. The number of hydrogen-bond acceptors (Lipinski definition) is 0. The minimum Gasteiger partial charge on any atom is -0.207 e. The van der Waals surface area contributed by atoms with Gasteiger partial charge in [0.25, 0.3) is 0 Å². The van der Waals surface area contributed by atoms with Crippen molar-refractivity contribution in [3.63, 3.8) is 0 Å². The number of rotatable bonds is 5. The predicted molar refractivity (Wildman–Crippen MR) is 151 cm³/mol. The lowest BCUT2D eigenvalue weighted by atomic mass is 9.78. The van der Waals surface area contributed by atoms with E-state index in [-0.39, 0.29) is 19.8 Å². The second-order valence-electron chi connectivity index (χ2n) is 13.6. The van der Waals surface area contributed by atoms with Crippen LogP contribution in [0.15, 0.2) is 0 Å². The molecule has 1 fully saturated rings. The third kappa shape index (κ3) is 36.6. The Labute approximate surface area is 211 Å². The highest BCUT2D eigenvalue weighted by molar-refractivity contribution is 4.71. The molecule has 0 bridgehead atoms. The van der Waals surface area contributed by atoms with Gasteiger partial charge in [0.2, 0.25) is 5.92 Å². The maximum absolute atomic E-state index is 12.0. The smallest absolute Gasteiger partial charge is 0.207 e. The maximum atomic E-state index is 12.0. The molecule has 33 heavy (non-hydrogen) atoms. The quantitative estimate of drug-likeness (QED) is 0.368. The summed E-state index contributed by atoms with van der Waals surface area (Å²) in [5.74, 6) is 3.13. The van der Waals surface area contributed by atoms with Crippen molar-refractivity contribution < 1.29 is 8.78 Å². The third-order valence-electron chi connectivity index (χ3n) is 6.12. The van der Waals surface area contributed by atoms with Crippen LogP contribution in [0.5, 0.6) is 0 Å². The molecule has 0 radical (unpaired) electrons. The van der Waals surface area contributed by atoms with Crippen molar-refractivity contribution in [2.45, 2.75) is 156 Å². The van der Waals surface area contributed by atoms with Crippen molar-refractivity contribution in [1.82, 2.24) is 0 Å². The van der Waals surface area contributed by atoms with Crippen LogP contribution in [0.2, 0.25) is 0 Å². The summed E-state index contributed by atoms with van der Waals surface area (Å²) in [6, 6.07) is 0. The molecule has 0 amide bonds. The highest BCUT2D eigenvalue weighted by atomic mass is 19.3. The largest absolute Gasteiger partial charge is 0.245 e. The van der Waals surface area contributed by atoms with Crippen LogP contribution in [0.1, 0.15) is 150 Å². The van der Waals surface area contributed by atoms with E-state index in [1.54, 1.807) is 13.8 Å². The van der Waals surface area contributed by atoms with Crippen LogP contribution in [-0.4, -0.2) is 5.92 Å². The molecule has 0 heterocycles. The highest BCUT2D eigenvalue weighted by Crippen LogP contribution is 2.32. The Hall–Kier alpha value is -0.140. The number of hydrogen-bond donors (Lipinski definition) is 0. The topological polar surface area (TPSA) is 0 Å². The van der Waals surface area contributed by atoms with Gasteiger partial charge in [-0.15, -0.1) is 0 Å². The molecule has 0 saturated heterocycles. The second kappa shape index (κ2) is 20.1. The molecule has 0 unspecified atom stereocenters. The minimum atomic E-state index is -2.48. The van der Waals surface area contributed by atoms with Crippen molar-refractivity contribution in [1.29, 1.82) is 0 Å². The van der Waals surface area contributed by atoms with E-state index < -0.39 is 5.92 Å². The van der Waals surface area contributed by atoms with Crippen molar-refractivity contribution in [2.75, 3.05) is 0 Å². The van der Waals surface area contributed by atoms with Gasteiger partial charge < -0.3 is 0 Å². The van der Waals surface area contributed by atoms with E-state index in [1.807, 2.05) is 0 Å². The Morgan fingerprint density at radius 1 is 0.636 bits per heavy atom. The molecule has 1 aliphatic carbocycles. The summed E-state index contributed by atoms with van der Waals surface area (Å²) in [4.78, 5) is 0. The van der Waals surface area contributed by atoms with Crippen molar-refractivity contribution >= 4 is 0 Å². The van der Waals surface area contributed by atoms with Gasteiger partial charge in [0, 0.05) is 6.42 Å². The average molecular weight is 479 g/mol. The van der Waals surface area contributed by atoms with Gasteiger partial charge in [-0.25, -0.2) is 8.78 Å². The summed E-state index contributed by atoms with van der Waals surface area (Å²) in [5, 5.41) is 0. The average Bonchev–Trinajstić information content (AvgIpc) is 2.52. The first-order valence-corrected chi connectivity index (χ1v) is 13.6. The first-order valence-electron chi connectivity index (χ1n) is 13.6. The maximum Gasteiger partial charge on any atom is 0.245 e. The summed E-state index contributed by atoms with van der Waals surface area (Å²) in [6.07, 6.45) is 7.24. The van der Waals surface area contributed by atoms with E-state index in [0.29, 0.717) is 5.41 Å². The van der Waals surface area contributed by atoms with Crippen LogP contribution in [0.4, 0.5) is 8.78 Å². The molecule has 2 heteroatoms. The zero-order valence-corrected chi connectivity index (χ0v) is 25.0. The molecule has 0 atom stereocenters. The van der Waals surface area contributed by atoms with Gasteiger partial charge in [0.15, 0.2) is 0 Å². The van der Waals surface area contributed by atoms with Gasteiger partial charge in [-0.2, -0.15) is 0 Å². The lowest BCUT2D eigenvalue weighted by Crippen LogP contribution is -2.16. The normalized spacial score (nSPS) is 18.7. The lowest BCUT2D eigenvalue weighted by molar-refractivity contribution is 0.000975. The summed E-state index contributed by atoms with van der Waals surface area (Å²) in [6.45, 7) is 32.0. The fourth-order valence-electron chi connectivity index (χ4n) is 3.89. The minimum absolute atomic E-state index is 0. The van der Waals surface area contributed by atoms with Crippen LogP contribution in [-0.2, 0) is 0 Å². The van der Waals surface area contributed by atoms with Crippen molar-refractivity contribution in [3.8, 4) is 0 Å². The summed E-state index contributed by atoms with van der Waals surface area (Å²) in [5.41, 5.74) is 0.522. The molecule has 0 spiro atoms. The first-order chi connectivity index (χ1) is 14.2. The Kier molecular flexibility index (Phi) is 24.4. The van der Waals surface area contributed by atoms with E-state index in [4.69, 9.17) is 0 Å². The van der Waals surface area contributed by atoms with Crippen LogP contribution < -0.4 is 0 Å². The molecule has 1 aliphatic rings. The standard InChI is InChI=1S/C10H20.C8H18.C6H12F2.C6H14.CH4/c1-8(2)10-6-4-9(3)5-7-10;1-7(2)6-8(3,4)5;1-5(2)4-6(3,7)8;1-5(2)6(3)4;/h8-10H,4-7H2,1-3H3;7H,6H2,1-5H3;5H,4H2,1-3H3;5-6H,1-4H3;1H4. The third-order valence-corrected chi connectivity index (χ3v) is 6.12. The molecule has 0 aromatic heterocycles. The van der Waals surface area contributed by atoms with E-state index in [1.165, 1.54) is 32.1 Å². The fraction of sp³-hybridized carbons (Fsp3) is 1.00. The molecule has 1 saturated carbocycles. The Bertz CT molecular complexity index is 360. The molecule has 206 valence electrons. The Morgan fingerprint density at radius 3 is 1.09 bits per heavy atom. The van der Waals surface area contributed by atoms with Gasteiger partial charge >= 0.3 is 0 Å². The van der Waals surface area contributed by atoms with Crippen molar-refractivity contribution in [3.05, 3.63) is 0 Å². The zero-order valence-electron chi connectivity index (χ0n) is 25.0. The van der Waals surface area contributed by atoms with Gasteiger partial charge in [0.1, 0.15) is 0 Å². The molecule has 0 aromatic rings. The lowest BCUT2D eigenvalue weighted by Gasteiger charge is -2.28. The Morgan fingerprint density at radius 2 is 0.970 bits per heavy atom. The highest BCUT2D eigenvalue weighted by Gasteiger charge is 2.22. The van der Waals surface area contributed by atoms with Crippen LogP contribution in [0, 0.1) is 46.8 Å². The second-order valence-corrected chi connectivity index (χ2v) is 13.6. The first kappa shape index (κ1) is 40.0. The predicted octanol–water partition coefficient (Wildman–Crippen LogP) is 12.2. The fourth-order valence-corrected chi connectivity index (χ4v) is 3.89. The molecule has 0 aromatic carbocycles. The molecule has 0 N–H and O–H groups in total. The van der Waals surface area contributed by atoms with Crippen LogP contribution >= 0.6 is 0 Å². The van der Waals surface area contributed by atoms with Gasteiger partial charge in [-0.05, 0) is 73.0 Å². The van der Waals surface area contributed by atoms with Gasteiger partial charge in [-0.3, -0.25) is 0 Å². The molecule has 0 nitrogen and oxygen atoms in total. The van der Waals surface area contributed by atoms with Gasteiger partial charge in [0.05, 0.1) is 0 Å². The SMILES string of the molecule is C.CC(C)C(C)C.CC(C)CC(C)(C)C.CC(C)CC(C)(F)F.CC1CCC(C(C)C)CC1. The van der Waals surface area contributed by atoms with E-state index in [9.17, 15) is 8.78 Å². The summed E-state index contributed by atoms with van der Waals surface area (Å²) in [7, 11) is 0. The molecular weight excluding hydrogens is 410 g/mol. The molecule has 1 rings (SSSR count). The van der Waals surface area contributed by atoms with Crippen LogP contribution in [0.3, 0.4) is 0 Å². The van der Waals surface area contributed by atoms with E-state index in [2.05, 4.69) is 83.1 Å². The summed E-state index contributed by atoms with van der Waals surface area (Å²) >= 11 is 0. The van der Waals surface area contributed by atoms with Crippen LogP contribution in [0.25, 0.3) is 0 Å². The summed E-state index contributed by atoms with van der Waals surface area (Å²) < 4.78 is 23.9. The van der Waals surface area contributed by atoms with Gasteiger partial charge in [-0.1, -0.05) is 117 Å². The number of alkyl halides is 2. The van der Waals surface area contributed by atoms with Crippen molar-refractivity contribution in [2.24, 2.45) is 46.8 Å². The van der Waals surface area contributed by atoms with E-state index >= 15 is 0 Å². The number of halogens is 2. The molecular formula is C31H68F2. The van der Waals surface area contributed by atoms with E-state index in [0.717, 1.165) is 42.4 Å². The molecule has 0 aliphatic heterocycles.